The third kappa shape index (κ3) is 3.86. The number of halogens is 2. The van der Waals surface area contributed by atoms with Crippen molar-refractivity contribution >= 4 is 21.4 Å². The zero-order valence-corrected chi connectivity index (χ0v) is 15.3. The maximum absolute atomic E-state index is 13.4. The summed E-state index contributed by atoms with van der Waals surface area (Å²) in [4.78, 5) is 4.51. The molecule has 0 spiro atoms. The molecule has 4 rings (SSSR count). The van der Waals surface area contributed by atoms with Crippen LogP contribution in [0, 0.1) is 11.6 Å². The fourth-order valence-electron chi connectivity index (χ4n) is 2.98. The van der Waals surface area contributed by atoms with Crippen LogP contribution in [0.25, 0.3) is 16.9 Å². The summed E-state index contributed by atoms with van der Waals surface area (Å²) in [6.07, 6.45) is 3.64. The molecule has 142 valence electrons. The molecule has 5 nitrogen and oxygen atoms in total. The number of hydrogen-bond acceptors (Lipinski definition) is 3. The second kappa shape index (κ2) is 7.05. The Balaban J connectivity index is 1.66. The van der Waals surface area contributed by atoms with E-state index in [1.54, 1.807) is 30.5 Å². The lowest BCUT2D eigenvalue weighted by atomic mass is 10.1. The number of nitrogens with one attached hydrogen (secondary N) is 1. The van der Waals surface area contributed by atoms with Crippen LogP contribution in [-0.4, -0.2) is 17.8 Å². The van der Waals surface area contributed by atoms with Gasteiger partial charge in [-0.05, 0) is 35.9 Å². The predicted molar refractivity (Wildman–Crippen MR) is 103 cm³/mol. The van der Waals surface area contributed by atoms with E-state index in [0.717, 1.165) is 17.8 Å². The average Bonchev–Trinajstić information content (AvgIpc) is 3.04. The number of hydrogen-bond donors (Lipinski definition) is 1. The molecule has 0 fully saturated rings. The zero-order chi connectivity index (χ0) is 19.7. The summed E-state index contributed by atoms with van der Waals surface area (Å²) < 4.78 is 56.2. The first-order valence-corrected chi connectivity index (χ1v) is 10.0. The lowest BCUT2D eigenvalue weighted by molar-refractivity contribution is 0.579. The standard InChI is InChI=1S/C20H15F2N3O2S/c21-15-9-14(10-16(22)11-15)13-28(26,27)24-18-6-2-1-5-17(18)19-12-25-8-4-3-7-20(25)23-19/h1-12,24H,13H2. The quantitative estimate of drug-likeness (QED) is 0.547. The highest BCUT2D eigenvalue weighted by Gasteiger charge is 2.17. The SMILES string of the molecule is O=S(=O)(Cc1cc(F)cc(F)c1)Nc1ccccc1-c1cn2ccccc2n1. The van der Waals surface area contributed by atoms with Crippen LogP contribution < -0.4 is 4.72 Å². The molecule has 0 atom stereocenters. The summed E-state index contributed by atoms with van der Waals surface area (Å²) in [7, 11) is -3.90. The Labute approximate surface area is 160 Å². The van der Waals surface area contributed by atoms with Gasteiger partial charge in [0, 0.05) is 24.0 Å². The van der Waals surface area contributed by atoms with E-state index in [1.807, 2.05) is 28.8 Å². The molecule has 0 radical (unpaired) electrons. The van der Waals surface area contributed by atoms with Gasteiger partial charge in [0.25, 0.3) is 0 Å². The van der Waals surface area contributed by atoms with Crippen LogP contribution >= 0.6 is 0 Å². The molecule has 2 heterocycles. The third-order valence-electron chi connectivity index (χ3n) is 4.11. The first-order valence-electron chi connectivity index (χ1n) is 8.38. The highest BCUT2D eigenvalue weighted by molar-refractivity contribution is 7.91. The molecule has 0 unspecified atom stereocenters. The Bertz CT molecular complexity index is 1220. The van der Waals surface area contributed by atoms with Gasteiger partial charge in [-0.2, -0.15) is 0 Å². The molecule has 2 aromatic heterocycles. The molecule has 2 aromatic carbocycles. The van der Waals surface area contributed by atoms with Crippen LogP contribution in [0.2, 0.25) is 0 Å². The monoisotopic (exact) mass is 399 g/mol. The van der Waals surface area contributed by atoms with Gasteiger partial charge in [-0.25, -0.2) is 22.2 Å². The summed E-state index contributed by atoms with van der Waals surface area (Å²) in [6, 6.07) is 15.1. The van der Waals surface area contributed by atoms with Gasteiger partial charge in [0.05, 0.1) is 17.1 Å². The fourth-order valence-corrected chi connectivity index (χ4v) is 4.17. The number of aromatic nitrogens is 2. The number of fused-ring (bicyclic) bond motifs is 1. The van der Waals surface area contributed by atoms with Crippen molar-refractivity contribution in [1.29, 1.82) is 0 Å². The topological polar surface area (TPSA) is 63.5 Å². The molecule has 8 heteroatoms. The van der Waals surface area contributed by atoms with Crippen molar-refractivity contribution in [2.75, 3.05) is 4.72 Å². The minimum absolute atomic E-state index is 0.0233. The lowest BCUT2D eigenvalue weighted by Gasteiger charge is -2.11. The number of sulfonamides is 1. The van der Waals surface area contributed by atoms with Crippen LogP contribution in [0.5, 0.6) is 0 Å². The predicted octanol–water partition coefficient (Wildman–Crippen LogP) is 4.22. The summed E-state index contributed by atoms with van der Waals surface area (Å²) in [6.45, 7) is 0. The van der Waals surface area contributed by atoms with Gasteiger partial charge in [0.2, 0.25) is 10.0 Å². The molecular formula is C20H15F2N3O2S. The normalized spacial score (nSPS) is 11.6. The molecule has 1 N–H and O–H groups in total. The summed E-state index contributed by atoms with van der Waals surface area (Å²) in [5.74, 6) is -2.20. The molecule has 0 aliphatic rings. The van der Waals surface area contributed by atoms with Crippen molar-refractivity contribution in [2.45, 2.75) is 5.75 Å². The maximum atomic E-state index is 13.4. The van der Waals surface area contributed by atoms with Gasteiger partial charge in [-0.15, -0.1) is 0 Å². The number of imidazole rings is 1. The average molecular weight is 399 g/mol. The van der Waals surface area contributed by atoms with Gasteiger partial charge in [0.15, 0.2) is 0 Å². The Hall–Kier alpha value is -3.26. The van der Waals surface area contributed by atoms with Crippen LogP contribution in [0.3, 0.4) is 0 Å². The van der Waals surface area contributed by atoms with E-state index >= 15 is 0 Å². The van der Waals surface area contributed by atoms with Gasteiger partial charge in [-0.1, -0.05) is 24.3 Å². The first kappa shape index (κ1) is 18.1. The number of pyridine rings is 1. The number of para-hydroxylation sites is 1. The van der Waals surface area contributed by atoms with E-state index in [-0.39, 0.29) is 5.56 Å². The Morgan fingerprint density at radius 3 is 2.43 bits per heavy atom. The highest BCUT2D eigenvalue weighted by Crippen LogP contribution is 2.28. The first-order chi connectivity index (χ1) is 13.4. The molecule has 0 saturated heterocycles. The van der Waals surface area contributed by atoms with Gasteiger partial charge < -0.3 is 4.40 Å². The summed E-state index contributed by atoms with van der Waals surface area (Å²) >= 11 is 0. The van der Waals surface area contributed by atoms with Crippen molar-refractivity contribution < 1.29 is 17.2 Å². The Morgan fingerprint density at radius 1 is 0.964 bits per heavy atom. The fraction of sp³-hybridized carbons (Fsp3) is 0.0500. The zero-order valence-electron chi connectivity index (χ0n) is 14.5. The van der Waals surface area contributed by atoms with Crippen molar-refractivity contribution in [2.24, 2.45) is 0 Å². The van der Waals surface area contributed by atoms with Crippen molar-refractivity contribution in [3.05, 3.63) is 90.3 Å². The largest absolute Gasteiger partial charge is 0.306 e. The molecule has 28 heavy (non-hydrogen) atoms. The molecule has 0 amide bonds. The van der Waals surface area contributed by atoms with E-state index < -0.39 is 27.4 Å². The Morgan fingerprint density at radius 2 is 1.68 bits per heavy atom. The summed E-state index contributed by atoms with van der Waals surface area (Å²) in [5.41, 5.74) is 2.28. The van der Waals surface area contributed by atoms with Crippen LogP contribution in [0.1, 0.15) is 5.56 Å². The van der Waals surface area contributed by atoms with E-state index in [1.165, 1.54) is 0 Å². The van der Waals surface area contributed by atoms with Crippen molar-refractivity contribution in [3.63, 3.8) is 0 Å². The minimum atomic E-state index is -3.90. The second-order valence-corrected chi connectivity index (χ2v) is 8.00. The summed E-state index contributed by atoms with van der Waals surface area (Å²) in [5, 5.41) is 0. The van der Waals surface area contributed by atoms with E-state index in [9.17, 15) is 17.2 Å². The number of rotatable bonds is 5. The van der Waals surface area contributed by atoms with Gasteiger partial charge in [-0.3, -0.25) is 4.72 Å². The number of nitrogens with zero attached hydrogens (tertiary/aromatic N) is 2. The highest BCUT2D eigenvalue weighted by atomic mass is 32.2. The molecule has 0 aliphatic carbocycles. The van der Waals surface area contributed by atoms with Gasteiger partial charge in [0.1, 0.15) is 17.3 Å². The van der Waals surface area contributed by atoms with Crippen molar-refractivity contribution in [1.82, 2.24) is 9.38 Å². The lowest BCUT2D eigenvalue weighted by Crippen LogP contribution is -2.16. The maximum Gasteiger partial charge on any atom is 0.236 e. The van der Waals surface area contributed by atoms with E-state index in [2.05, 4.69) is 9.71 Å². The third-order valence-corrected chi connectivity index (χ3v) is 5.36. The van der Waals surface area contributed by atoms with E-state index in [0.29, 0.717) is 23.0 Å². The molecule has 0 saturated carbocycles. The molecule has 4 aromatic rings. The van der Waals surface area contributed by atoms with E-state index in [4.69, 9.17) is 0 Å². The Kier molecular flexibility index (Phi) is 4.56. The van der Waals surface area contributed by atoms with Gasteiger partial charge >= 0.3 is 0 Å². The molecule has 0 bridgehead atoms. The van der Waals surface area contributed by atoms with Crippen LogP contribution in [0.4, 0.5) is 14.5 Å². The number of benzene rings is 2. The molecule has 0 aliphatic heterocycles. The number of anilines is 1. The van der Waals surface area contributed by atoms with Crippen LogP contribution in [-0.2, 0) is 15.8 Å². The molecular weight excluding hydrogens is 384 g/mol. The van der Waals surface area contributed by atoms with Crippen molar-refractivity contribution in [3.8, 4) is 11.3 Å². The van der Waals surface area contributed by atoms with Crippen LogP contribution in [0.15, 0.2) is 73.1 Å². The minimum Gasteiger partial charge on any atom is -0.306 e. The smallest absolute Gasteiger partial charge is 0.236 e. The second-order valence-electron chi connectivity index (χ2n) is 6.28.